The van der Waals surface area contributed by atoms with Gasteiger partial charge in [0.2, 0.25) is 6.41 Å². The van der Waals surface area contributed by atoms with Gasteiger partial charge in [0.1, 0.15) is 11.3 Å². The largest absolute Gasteiger partial charge is 0.497 e. The molecule has 0 aliphatic rings. The Kier molecular flexibility index (Phi) is 5.76. The molecule has 1 rings (SSSR count). The van der Waals surface area contributed by atoms with Gasteiger partial charge in [-0.25, -0.2) is 4.79 Å². The summed E-state index contributed by atoms with van der Waals surface area (Å²) < 4.78 is 5.09. The molecule has 0 saturated carbocycles. The molecule has 0 radical (unpaired) electrons. The van der Waals surface area contributed by atoms with Crippen molar-refractivity contribution in [2.75, 3.05) is 7.11 Å². The summed E-state index contributed by atoms with van der Waals surface area (Å²) in [6.45, 7) is 5.21. The number of hydrogen-bond acceptors (Lipinski definition) is 3. The van der Waals surface area contributed by atoms with Gasteiger partial charge in [0, 0.05) is 6.04 Å². The predicted octanol–water partition coefficient (Wildman–Crippen LogP) is 2.34. The minimum atomic E-state index is -1.21. The predicted molar refractivity (Wildman–Crippen MR) is 80.4 cm³/mol. The van der Waals surface area contributed by atoms with Crippen LogP contribution in [-0.4, -0.2) is 41.1 Å². The lowest BCUT2D eigenvalue weighted by Crippen LogP contribution is -2.55. The Morgan fingerprint density at radius 2 is 1.95 bits per heavy atom. The number of carboxylic acid groups (broad SMARTS) is 1. The fourth-order valence-electron chi connectivity index (χ4n) is 2.33. The fourth-order valence-corrected chi connectivity index (χ4v) is 2.33. The molecule has 0 aromatic heterocycles. The van der Waals surface area contributed by atoms with Crippen molar-refractivity contribution in [2.45, 2.75) is 45.2 Å². The molecule has 5 heteroatoms. The lowest BCUT2D eigenvalue weighted by Gasteiger charge is -2.38. The van der Waals surface area contributed by atoms with E-state index in [4.69, 9.17) is 4.74 Å². The van der Waals surface area contributed by atoms with Gasteiger partial charge in [-0.1, -0.05) is 12.1 Å². The molecule has 0 aliphatic heterocycles. The number of benzene rings is 1. The van der Waals surface area contributed by atoms with Gasteiger partial charge in [-0.05, 0) is 51.3 Å². The minimum absolute atomic E-state index is 0.167. The Labute approximate surface area is 125 Å². The van der Waals surface area contributed by atoms with E-state index < -0.39 is 11.5 Å². The van der Waals surface area contributed by atoms with Crippen molar-refractivity contribution in [3.05, 3.63) is 29.8 Å². The number of ether oxygens (including phenoxy) is 1. The number of aryl methyl sites for hydroxylation is 1. The molecule has 0 aliphatic carbocycles. The van der Waals surface area contributed by atoms with Crippen molar-refractivity contribution in [3.63, 3.8) is 0 Å². The van der Waals surface area contributed by atoms with Crippen molar-refractivity contribution in [1.29, 1.82) is 0 Å². The third-order valence-corrected chi connectivity index (χ3v) is 3.76. The van der Waals surface area contributed by atoms with Crippen LogP contribution in [0.25, 0.3) is 0 Å². The second kappa shape index (κ2) is 7.11. The highest BCUT2D eigenvalue weighted by molar-refractivity contribution is 5.81. The van der Waals surface area contributed by atoms with Gasteiger partial charge < -0.3 is 14.7 Å². The van der Waals surface area contributed by atoms with Crippen molar-refractivity contribution in [3.8, 4) is 5.75 Å². The minimum Gasteiger partial charge on any atom is -0.497 e. The number of carboxylic acids is 1. The fraction of sp³-hybridized carbons (Fsp3) is 0.500. The third-order valence-electron chi connectivity index (χ3n) is 3.76. The SMILES string of the molecule is COc1ccc(CCC(C)(C(=O)O)N(C=O)C(C)C)cc1. The number of nitrogens with zero attached hydrogens (tertiary/aromatic N) is 1. The zero-order valence-electron chi connectivity index (χ0n) is 13.0. The Balaban J connectivity index is 2.87. The number of carbonyl (C=O) groups excluding carboxylic acids is 1. The van der Waals surface area contributed by atoms with Gasteiger partial charge in [0.05, 0.1) is 7.11 Å². The second-order valence-electron chi connectivity index (χ2n) is 5.53. The van der Waals surface area contributed by atoms with E-state index in [0.29, 0.717) is 19.3 Å². The average molecular weight is 293 g/mol. The molecule has 1 atom stereocenters. The van der Waals surface area contributed by atoms with Crippen LogP contribution in [0.3, 0.4) is 0 Å². The maximum Gasteiger partial charge on any atom is 0.329 e. The van der Waals surface area contributed by atoms with E-state index in [1.54, 1.807) is 14.0 Å². The Morgan fingerprint density at radius 3 is 2.33 bits per heavy atom. The lowest BCUT2D eigenvalue weighted by atomic mass is 9.90. The number of aliphatic carboxylic acids is 1. The van der Waals surface area contributed by atoms with Gasteiger partial charge in [0.25, 0.3) is 0 Å². The van der Waals surface area contributed by atoms with Crippen LogP contribution in [0.1, 0.15) is 32.8 Å². The number of hydrogen-bond donors (Lipinski definition) is 1. The molecule has 5 nitrogen and oxygen atoms in total. The lowest BCUT2D eigenvalue weighted by molar-refractivity contribution is -0.156. The molecule has 0 fully saturated rings. The summed E-state index contributed by atoms with van der Waals surface area (Å²) in [7, 11) is 1.60. The molecule has 0 spiro atoms. The Hall–Kier alpha value is -2.04. The number of rotatable bonds is 8. The van der Waals surface area contributed by atoms with Crippen LogP contribution in [0.15, 0.2) is 24.3 Å². The zero-order valence-corrected chi connectivity index (χ0v) is 13.0. The van der Waals surface area contributed by atoms with E-state index in [-0.39, 0.29) is 6.04 Å². The first-order valence-corrected chi connectivity index (χ1v) is 6.95. The molecule has 116 valence electrons. The third kappa shape index (κ3) is 3.97. The van der Waals surface area contributed by atoms with Crippen LogP contribution < -0.4 is 4.74 Å². The summed E-state index contributed by atoms with van der Waals surface area (Å²) in [5.74, 6) is -0.228. The van der Waals surface area contributed by atoms with Crippen molar-refractivity contribution in [1.82, 2.24) is 4.90 Å². The summed E-state index contributed by atoms with van der Waals surface area (Å²) in [6, 6.07) is 7.32. The molecular weight excluding hydrogens is 270 g/mol. The standard InChI is InChI=1S/C16H23NO4/c1-12(2)17(11-18)16(3,15(19)20)10-9-13-5-7-14(21-4)8-6-13/h5-8,11-12H,9-10H2,1-4H3,(H,19,20). The molecular formula is C16H23NO4. The van der Waals surface area contributed by atoms with E-state index in [1.165, 1.54) is 4.90 Å². The summed E-state index contributed by atoms with van der Waals surface area (Å²) in [5.41, 5.74) is -0.201. The van der Waals surface area contributed by atoms with E-state index >= 15 is 0 Å². The van der Waals surface area contributed by atoms with Gasteiger partial charge in [-0.3, -0.25) is 4.79 Å². The molecule has 21 heavy (non-hydrogen) atoms. The smallest absolute Gasteiger partial charge is 0.329 e. The Bertz CT molecular complexity index is 484. The number of amides is 1. The molecule has 1 aromatic rings. The molecule has 1 N–H and O–H groups in total. The van der Waals surface area contributed by atoms with Gasteiger partial charge in [-0.15, -0.1) is 0 Å². The highest BCUT2D eigenvalue weighted by Crippen LogP contribution is 2.24. The molecule has 0 heterocycles. The Morgan fingerprint density at radius 1 is 1.38 bits per heavy atom. The van der Waals surface area contributed by atoms with Crippen molar-refractivity contribution < 1.29 is 19.4 Å². The molecule has 1 amide bonds. The first-order chi connectivity index (χ1) is 9.85. The van der Waals surface area contributed by atoms with Crippen LogP contribution in [-0.2, 0) is 16.0 Å². The summed E-state index contributed by atoms with van der Waals surface area (Å²) in [6.07, 6.45) is 1.54. The van der Waals surface area contributed by atoms with Crippen LogP contribution in [0.2, 0.25) is 0 Å². The molecule has 0 saturated heterocycles. The highest BCUT2D eigenvalue weighted by atomic mass is 16.5. The van der Waals surface area contributed by atoms with E-state index in [2.05, 4.69) is 0 Å². The summed E-state index contributed by atoms with van der Waals surface area (Å²) in [5, 5.41) is 9.52. The summed E-state index contributed by atoms with van der Waals surface area (Å²) >= 11 is 0. The number of carbonyl (C=O) groups is 2. The van der Waals surface area contributed by atoms with Crippen LogP contribution in [0, 0.1) is 0 Å². The van der Waals surface area contributed by atoms with E-state index in [9.17, 15) is 14.7 Å². The highest BCUT2D eigenvalue weighted by Gasteiger charge is 2.39. The quantitative estimate of drug-likeness (QED) is 0.747. The first-order valence-electron chi connectivity index (χ1n) is 6.95. The first kappa shape index (κ1) is 17.0. The molecule has 0 bridgehead atoms. The van der Waals surface area contributed by atoms with Gasteiger partial charge >= 0.3 is 5.97 Å². The van der Waals surface area contributed by atoms with E-state index in [1.807, 2.05) is 38.1 Å². The normalized spacial score (nSPS) is 13.6. The van der Waals surface area contributed by atoms with Crippen LogP contribution >= 0.6 is 0 Å². The van der Waals surface area contributed by atoms with Crippen molar-refractivity contribution >= 4 is 12.4 Å². The van der Waals surface area contributed by atoms with Gasteiger partial charge in [0.15, 0.2) is 0 Å². The maximum absolute atomic E-state index is 11.6. The molecule has 1 aromatic carbocycles. The van der Waals surface area contributed by atoms with Crippen LogP contribution in [0.4, 0.5) is 0 Å². The maximum atomic E-state index is 11.6. The zero-order chi connectivity index (χ0) is 16.0. The van der Waals surface area contributed by atoms with Gasteiger partial charge in [-0.2, -0.15) is 0 Å². The second-order valence-corrected chi connectivity index (χ2v) is 5.53. The average Bonchev–Trinajstić information content (AvgIpc) is 2.45. The monoisotopic (exact) mass is 293 g/mol. The summed E-state index contributed by atoms with van der Waals surface area (Å²) in [4.78, 5) is 24.2. The van der Waals surface area contributed by atoms with E-state index in [0.717, 1.165) is 11.3 Å². The topological polar surface area (TPSA) is 66.8 Å². The molecule has 1 unspecified atom stereocenters. The number of methoxy groups -OCH3 is 1. The van der Waals surface area contributed by atoms with Crippen LogP contribution in [0.5, 0.6) is 5.75 Å². The van der Waals surface area contributed by atoms with Crippen molar-refractivity contribution in [2.24, 2.45) is 0 Å².